The van der Waals surface area contributed by atoms with Crippen LogP contribution in [0.15, 0.2) is 0 Å². The fourth-order valence-electron chi connectivity index (χ4n) is 1.29. The smallest absolute Gasteiger partial charge is 0.221 e. The molecule has 90 valence electrons. The minimum Gasteiger partial charge on any atom is -0.356 e. The van der Waals surface area contributed by atoms with Gasteiger partial charge in [-0.2, -0.15) is 0 Å². The van der Waals surface area contributed by atoms with Crippen LogP contribution in [0.4, 0.5) is 0 Å². The standard InChI is InChI=1S/C10H22N2O2S/c1-3-5-9(11)8-10(13)12-6-4-7-15(2)14/h9H,3-8,11H2,1-2H3,(H,12,13). The van der Waals surface area contributed by atoms with Crippen molar-refractivity contribution in [3.05, 3.63) is 0 Å². The predicted octanol–water partition coefficient (Wildman–Crippen LogP) is 0.389. The van der Waals surface area contributed by atoms with Gasteiger partial charge in [0.2, 0.25) is 5.91 Å². The highest BCUT2D eigenvalue weighted by atomic mass is 32.2. The van der Waals surface area contributed by atoms with Gasteiger partial charge >= 0.3 is 0 Å². The topological polar surface area (TPSA) is 72.2 Å². The fraction of sp³-hybridized carbons (Fsp3) is 0.900. The molecule has 15 heavy (non-hydrogen) atoms. The van der Waals surface area contributed by atoms with E-state index in [1.165, 1.54) is 0 Å². The molecular weight excluding hydrogens is 212 g/mol. The maximum atomic E-state index is 11.3. The molecule has 0 saturated heterocycles. The number of hydrogen-bond acceptors (Lipinski definition) is 3. The summed E-state index contributed by atoms with van der Waals surface area (Å²) < 4.78 is 10.7. The second-order valence-electron chi connectivity index (χ2n) is 3.73. The molecule has 0 heterocycles. The molecule has 0 aromatic heterocycles. The van der Waals surface area contributed by atoms with Gasteiger partial charge in [-0.05, 0) is 12.8 Å². The van der Waals surface area contributed by atoms with Gasteiger partial charge in [0.1, 0.15) is 0 Å². The molecule has 2 atom stereocenters. The van der Waals surface area contributed by atoms with Crippen molar-refractivity contribution in [2.24, 2.45) is 5.73 Å². The van der Waals surface area contributed by atoms with E-state index in [1.807, 2.05) is 6.92 Å². The summed E-state index contributed by atoms with van der Waals surface area (Å²) in [4.78, 5) is 11.3. The van der Waals surface area contributed by atoms with Gasteiger partial charge in [-0.25, -0.2) is 0 Å². The van der Waals surface area contributed by atoms with Crippen LogP contribution in [0.2, 0.25) is 0 Å². The second-order valence-corrected chi connectivity index (χ2v) is 5.29. The van der Waals surface area contributed by atoms with Crippen LogP contribution in [0.1, 0.15) is 32.6 Å². The van der Waals surface area contributed by atoms with E-state index in [-0.39, 0.29) is 11.9 Å². The number of carbonyl (C=O) groups excluding carboxylic acids is 1. The zero-order chi connectivity index (χ0) is 11.7. The van der Waals surface area contributed by atoms with Crippen molar-refractivity contribution < 1.29 is 9.00 Å². The van der Waals surface area contributed by atoms with Crippen molar-refractivity contribution in [2.45, 2.75) is 38.6 Å². The molecule has 0 aliphatic rings. The van der Waals surface area contributed by atoms with Crippen LogP contribution in [0.25, 0.3) is 0 Å². The summed E-state index contributed by atoms with van der Waals surface area (Å²) in [6.45, 7) is 2.64. The van der Waals surface area contributed by atoms with E-state index in [9.17, 15) is 9.00 Å². The van der Waals surface area contributed by atoms with Gasteiger partial charge < -0.3 is 11.1 Å². The molecule has 0 fully saturated rings. The number of amides is 1. The highest BCUT2D eigenvalue weighted by Crippen LogP contribution is 1.97. The zero-order valence-electron chi connectivity index (χ0n) is 9.62. The van der Waals surface area contributed by atoms with Crippen LogP contribution in [0.3, 0.4) is 0 Å². The fourth-order valence-corrected chi connectivity index (χ4v) is 1.84. The monoisotopic (exact) mass is 234 g/mol. The van der Waals surface area contributed by atoms with E-state index in [0.29, 0.717) is 18.7 Å². The molecule has 0 saturated carbocycles. The summed E-state index contributed by atoms with van der Waals surface area (Å²) >= 11 is 0. The van der Waals surface area contributed by atoms with Gasteiger partial charge in [-0.3, -0.25) is 9.00 Å². The average Bonchev–Trinajstić information content (AvgIpc) is 2.12. The first-order chi connectivity index (χ1) is 7.06. The Labute approximate surface area is 94.4 Å². The molecule has 0 aromatic carbocycles. The molecule has 0 radical (unpaired) electrons. The number of rotatable bonds is 8. The number of nitrogens with two attached hydrogens (primary N) is 1. The summed E-state index contributed by atoms with van der Waals surface area (Å²) in [6.07, 6.45) is 4.70. The largest absolute Gasteiger partial charge is 0.356 e. The summed E-state index contributed by atoms with van der Waals surface area (Å²) in [6, 6.07) is -0.0321. The van der Waals surface area contributed by atoms with Crippen LogP contribution in [0.5, 0.6) is 0 Å². The number of hydrogen-bond donors (Lipinski definition) is 2. The third-order valence-electron chi connectivity index (χ3n) is 2.04. The van der Waals surface area contributed by atoms with Crippen LogP contribution in [0, 0.1) is 0 Å². The van der Waals surface area contributed by atoms with Crippen LogP contribution in [-0.2, 0) is 15.6 Å². The van der Waals surface area contributed by atoms with Gasteiger partial charge in [0.15, 0.2) is 0 Å². The number of nitrogens with one attached hydrogen (secondary N) is 1. The lowest BCUT2D eigenvalue weighted by Crippen LogP contribution is -2.32. The Kier molecular flexibility index (Phi) is 8.61. The van der Waals surface area contributed by atoms with Crippen molar-refractivity contribution in [1.82, 2.24) is 5.32 Å². The molecule has 0 aromatic rings. The minimum absolute atomic E-state index is 0.00200. The Bertz CT molecular complexity index is 210. The summed E-state index contributed by atoms with van der Waals surface area (Å²) in [5, 5.41) is 2.77. The molecule has 5 heteroatoms. The van der Waals surface area contributed by atoms with Crippen LogP contribution in [-0.4, -0.2) is 34.7 Å². The average molecular weight is 234 g/mol. The molecule has 0 spiro atoms. The molecule has 0 bridgehead atoms. The summed E-state index contributed by atoms with van der Waals surface area (Å²) in [5.41, 5.74) is 5.73. The molecule has 0 rings (SSSR count). The second kappa shape index (κ2) is 8.85. The van der Waals surface area contributed by atoms with Gasteiger partial charge in [0.25, 0.3) is 0 Å². The third kappa shape index (κ3) is 9.87. The van der Waals surface area contributed by atoms with Gasteiger partial charge in [0, 0.05) is 41.8 Å². The maximum Gasteiger partial charge on any atom is 0.221 e. The van der Waals surface area contributed by atoms with E-state index in [2.05, 4.69) is 5.32 Å². The molecule has 2 unspecified atom stereocenters. The van der Waals surface area contributed by atoms with Crippen molar-refractivity contribution in [1.29, 1.82) is 0 Å². The molecule has 0 aliphatic carbocycles. The Balaban J connectivity index is 3.44. The lowest BCUT2D eigenvalue weighted by molar-refractivity contribution is -0.121. The Morgan fingerprint density at radius 2 is 2.20 bits per heavy atom. The van der Waals surface area contributed by atoms with Crippen molar-refractivity contribution in [2.75, 3.05) is 18.6 Å². The normalized spacial score (nSPS) is 14.6. The van der Waals surface area contributed by atoms with Gasteiger partial charge in [0.05, 0.1) is 0 Å². The predicted molar refractivity (Wildman–Crippen MR) is 64.1 cm³/mol. The SMILES string of the molecule is CCCC(N)CC(=O)NCCCS(C)=O. The van der Waals surface area contributed by atoms with E-state index < -0.39 is 10.8 Å². The van der Waals surface area contributed by atoms with Crippen LogP contribution >= 0.6 is 0 Å². The lowest BCUT2D eigenvalue weighted by atomic mass is 10.1. The summed E-state index contributed by atoms with van der Waals surface area (Å²) in [7, 11) is -0.770. The molecular formula is C10H22N2O2S. The van der Waals surface area contributed by atoms with E-state index >= 15 is 0 Å². The maximum absolute atomic E-state index is 11.3. The van der Waals surface area contributed by atoms with Gasteiger partial charge in [-0.15, -0.1) is 0 Å². The quantitative estimate of drug-likeness (QED) is 0.597. The van der Waals surface area contributed by atoms with E-state index in [4.69, 9.17) is 5.73 Å². The molecule has 1 amide bonds. The van der Waals surface area contributed by atoms with Crippen molar-refractivity contribution in [3.8, 4) is 0 Å². The number of carbonyl (C=O) groups is 1. The molecule has 3 N–H and O–H groups in total. The minimum atomic E-state index is -0.770. The van der Waals surface area contributed by atoms with Crippen LogP contribution < -0.4 is 11.1 Å². The first-order valence-electron chi connectivity index (χ1n) is 5.38. The van der Waals surface area contributed by atoms with E-state index in [1.54, 1.807) is 6.26 Å². The summed E-state index contributed by atoms with van der Waals surface area (Å²) in [5.74, 6) is 0.638. The van der Waals surface area contributed by atoms with Crippen molar-refractivity contribution in [3.63, 3.8) is 0 Å². The highest BCUT2D eigenvalue weighted by Gasteiger charge is 2.07. The first kappa shape index (κ1) is 14.6. The van der Waals surface area contributed by atoms with Gasteiger partial charge in [-0.1, -0.05) is 13.3 Å². The lowest BCUT2D eigenvalue weighted by Gasteiger charge is -2.10. The molecule has 4 nitrogen and oxygen atoms in total. The van der Waals surface area contributed by atoms with Crippen molar-refractivity contribution >= 4 is 16.7 Å². The Morgan fingerprint density at radius 1 is 1.53 bits per heavy atom. The molecule has 0 aliphatic heterocycles. The Hall–Kier alpha value is -0.420. The Morgan fingerprint density at radius 3 is 2.73 bits per heavy atom. The van der Waals surface area contributed by atoms with E-state index in [0.717, 1.165) is 19.3 Å². The third-order valence-corrected chi connectivity index (χ3v) is 2.90. The zero-order valence-corrected chi connectivity index (χ0v) is 10.4. The highest BCUT2D eigenvalue weighted by molar-refractivity contribution is 7.84. The first-order valence-corrected chi connectivity index (χ1v) is 7.11.